The molecule has 176 valence electrons. The minimum Gasteiger partial charge on any atom is -0.507 e. The van der Waals surface area contributed by atoms with Crippen LogP contribution >= 0.6 is 0 Å². The van der Waals surface area contributed by atoms with Crippen LogP contribution in [0.4, 0.5) is 11.6 Å². The summed E-state index contributed by atoms with van der Waals surface area (Å²) in [7, 11) is 3.72. The predicted molar refractivity (Wildman–Crippen MR) is 135 cm³/mol. The van der Waals surface area contributed by atoms with Gasteiger partial charge in [-0.2, -0.15) is 0 Å². The predicted octanol–water partition coefficient (Wildman–Crippen LogP) is 4.86. The number of aromatic nitrogens is 2. The summed E-state index contributed by atoms with van der Waals surface area (Å²) in [5, 5.41) is 22.8. The third-order valence-corrected chi connectivity index (χ3v) is 5.58. The van der Waals surface area contributed by atoms with Gasteiger partial charge in [-0.05, 0) is 36.1 Å². The van der Waals surface area contributed by atoms with E-state index in [1.807, 2.05) is 62.3 Å². The Labute approximate surface area is 200 Å². The third kappa shape index (κ3) is 5.67. The fourth-order valence-corrected chi connectivity index (χ4v) is 3.51. The lowest BCUT2D eigenvalue weighted by Crippen LogP contribution is -2.22. The van der Waals surface area contributed by atoms with Gasteiger partial charge in [0.2, 0.25) is 5.78 Å². The molecule has 0 saturated carbocycles. The van der Waals surface area contributed by atoms with E-state index in [0.29, 0.717) is 28.7 Å². The molecule has 0 radical (unpaired) electrons. The Morgan fingerprint density at radius 3 is 2.06 bits per heavy atom. The first-order chi connectivity index (χ1) is 16.2. The Kier molecular flexibility index (Phi) is 7.79. The van der Waals surface area contributed by atoms with Crippen LogP contribution in [0.3, 0.4) is 0 Å². The van der Waals surface area contributed by atoms with E-state index in [1.54, 1.807) is 24.3 Å². The van der Waals surface area contributed by atoms with Gasteiger partial charge in [-0.15, -0.1) is 10.2 Å². The SMILES string of the molecule is Cc1ccc(C(O)=C(C(=O)C=O)C(Nc2ccc(N(C)C)nn2)c2ccc(C(C)C)cc2)cc1. The fraction of sp³-hybridized carbons (Fsp3) is 0.259. The molecular formula is C27H30N4O3. The van der Waals surface area contributed by atoms with Crippen LogP contribution in [-0.4, -0.2) is 41.5 Å². The molecule has 0 bridgehead atoms. The number of rotatable bonds is 9. The summed E-state index contributed by atoms with van der Waals surface area (Å²) in [5.41, 5.74) is 3.22. The molecule has 0 aliphatic heterocycles. The van der Waals surface area contributed by atoms with Gasteiger partial charge in [0.15, 0.2) is 12.1 Å². The van der Waals surface area contributed by atoms with Crippen LogP contribution in [0.5, 0.6) is 0 Å². The molecule has 0 aliphatic rings. The smallest absolute Gasteiger partial charge is 0.227 e. The van der Waals surface area contributed by atoms with Gasteiger partial charge in [-0.1, -0.05) is 67.9 Å². The first-order valence-corrected chi connectivity index (χ1v) is 11.1. The molecule has 1 unspecified atom stereocenters. The van der Waals surface area contributed by atoms with E-state index in [4.69, 9.17) is 0 Å². The molecule has 0 saturated heterocycles. The maximum atomic E-state index is 12.8. The molecule has 1 heterocycles. The maximum absolute atomic E-state index is 12.8. The number of aryl methyl sites for hydroxylation is 1. The number of aliphatic hydroxyl groups excluding tert-OH is 1. The highest BCUT2D eigenvalue weighted by Crippen LogP contribution is 2.32. The van der Waals surface area contributed by atoms with Gasteiger partial charge in [-0.25, -0.2) is 0 Å². The van der Waals surface area contributed by atoms with E-state index in [1.165, 1.54) is 0 Å². The number of benzene rings is 2. The van der Waals surface area contributed by atoms with Crippen molar-refractivity contribution in [2.75, 3.05) is 24.3 Å². The van der Waals surface area contributed by atoms with Gasteiger partial charge < -0.3 is 15.3 Å². The zero-order valence-corrected chi connectivity index (χ0v) is 20.1. The number of nitrogens with zero attached hydrogens (tertiary/aromatic N) is 3. The van der Waals surface area contributed by atoms with E-state index < -0.39 is 11.8 Å². The number of carbonyl (C=O) groups excluding carboxylic acids is 2. The van der Waals surface area contributed by atoms with Crippen molar-refractivity contribution < 1.29 is 14.7 Å². The van der Waals surface area contributed by atoms with Gasteiger partial charge in [0.25, 0.3) is 0 Å². The van der Waals surface area contributed by atoms with E-state index in [0.717, 1.165) is 11.1 Å². The largest absolute Gasteiger partial charge is 0.507 e. The lowest BCUT2D eigenvalue weighted by molar-refractivity contribution is -0.127. The van der Waals surface area contributed by atoms with Crippen molar-refractivity contribution in [3.8, 4) is 0 Å². The number of Topliss-reactive ketones (excluding diaryl/α,β-unsaturated/α-hetero) is 1. The summed E-state index contributed by atoms with van der Waals surface area (Å²) in [5.74, 6) is 0.321. The standard InChI is InChI=1S/C27H30N4O3/c1-17(2)19-10-12-20(13-11-19)26(28-23-14-15-24(30-29-23)31(4)5)25(22(33)16-32)27(34)21-8-6-18(3)7-9-21/h6-17,26,34H,1-5H3,(H,28,29). The molecule has 0 fully saturated rings. The molecule has 0 amide bonds. The lowest BCUT2D eigenvalue weighted by atomic mass is 9.91. The molecule has 0 spiro atoms. The molecule has 2 aromatic carbocycles. The van der Waals surface area contributed by atoms with Crippen LogP contribution in [0, 0.1) is 6.92 Å². The number of carbonyl (C=O) groups is 2. The third-order valence-electron chi connectivity index (χ3n) is 5.58. The van der Waals surface area contributed by atoms with Crippen LogP contribution in [-0.2, 0) is 9.59 Å². The zero-order valence-electron chi connectivity index (χ0n) is 20.1. The molecule has 0 aliphatic carbocycles. The maximum Gasteiger partial charge on any atom is 0.227 e. The van der Waals surface area contributed by atoms with Crippen molar-refractivity contribution in [2.45, 2.75) is 32.7 Å². The lowest BCUT2D eigenvalue weighted by Gasteiger charge is -2.23. The molecule has 3 aromatic rings. The fourth-order valence-electron chi connectivity index (χ4n) is 3.51. The Morgan fingerprint density at radius 2 is 1.56 bits per heavy atom. The highest BCUT2D eigenvalue weighted by Gasteiger charge is 2.28. The highest BCUT2D eigenvalue weighted by molar-refractivity contribution is 6.35. The number of ketones is 1. The molecule has 7 heteroatoms. The number of aliphatic hydroxyl groups is 1. The van der Waals surface area contributed by atoms with Crippen molar-refractivity contribution >= 4 is 29.5 Å². The summed E-state index contributed by atoms with van der Waals surface area (Å²) in [6.45, 7) is 6.12. The molecule has 2 N–H and O–H groups in total. The Balaban J connectivity index is 2.15. The summed E-state index contributed by atoms with van der Waals surface area (Å²) < 4.78 is 0. The second-order valence-electron chi connectivity index (χ2n) is 8.68. The first-order valence-electron chi connectivity index (χ1n) is 11.1. The Morgan fingerprint density at radius 1 is 0.941 bits per heavy atom. The first kappa shape index (κ1) is 24.6. The molecule has 3 rings (SSSR count). The van der Waals surface area contributed by atoms with Crippen LogP contribution in [0.1, 0.15) is 48.1 Å². The quantitative estimate of drug-likeness (QED) is 0.204. The monoisotopic (exact) mass is 458 g/mol. The molecule has 7 nitrogen and oxygen atoms in total. The van der Waals surface area contributed by atoms with Crippen molar-refractivity contribution in [3.63, 3.8) is 0 Å². The molecule has 34 heavy (non-hydrogen) atoms. The van der Waals surface area contributed by atoms with Gasteiger partial charge >= 0.3 is 0 Å². The van der Waals surface area contributed by atoms with Gasteiger partial charge in [0.1, 0.15) is 11.6 Å². The minimum absolute atomic E-state index is 0.0605. The highest BCUT2D eigenvalue weighted by atomic mass is 16.3. The molecule has 1 aromatic heterocycles. The van der Waals surface area contributed by atoms with Crippen LogP contribution in [0.25, 0.3) is 5.76 Å². The van der Waals surface area contributed by atoms with Gasteiger partial charge in [0.05, 0.1) is 11.6 Å². The van der Waals surface area contributed by atoms with Crippen molar-refractivity contribution in [1.82, 2.24) is 10.2 Å². The van der Waals surface area contributed by atoms with Crippen molar-refractivity contribution in [3.05, 3.63) is 88.5 Å². The average molecular weight is 459 g/mol. The summed E-state index contributed by atoms with van der Waals surface area (Å²) >= 11 is 0. The van der Waals surface area contributed by atoms with Crippen LogP contribution < -0.4 is 10.2 Å². The normalized spacial score (nSPS) is 12.6. The molecule has 1 atom stereocenters. The molecular weight excluding hydrogens is 428 g/mol. The Hall–Kier alpha value is -4.00. The minimum atomic E-state index is -0.834. The number of anilines is 2. The van der Waals surface area contributed by atoms with E-state index >= 15 is 0 Å². The van der Waals surface area contributed by atoms with E-state index in [2.05, 4.69) is 29.4 Å². The van der Waals surface area contributed by atoms with Crippen molar-refractivity contribution in [2.24, 2.45) is 0 Å². The second-order valence-corrected chi connectivity index (χ2v) is 8.68. The average Bonchev–Trinajstić information content (AvgIpc) is 2.84. The van der Waals surface area contributed by atoms with E-state index in [-0.39, 0.29) is 17.6 Å². The van der Waals surface area contributed by atoms with Crippen molar-refractivity contribution in [1.29, 1.82) is 0 Å². The van der Waals surface area contributed by atoms with Crippen LogP contribution in [0.2, 0.25) is 0 Å². The zero-order chi connectivity index (χ0) is 24.8. The number of aldehydes is 1. The number of hydrogen-bond donors (Lipinski definition) is 2. The summed E-state index contributed by atoms with van der Waals surface area (Å²) in [6, 6.07) is 17.5. The summed E-state index contributed by atoms with van der Waals surface area (Å²) in [4.78, 5) is 26.3. The topological polar surface area (TPSA) is 95.4 Å². The number of nitrogens with one attached hydrogen (secondary N) is 1. The number of hydrogen-bond acceptors (Lipinski definition) is 7. The van der Waals surface area contributed by atoms with E-state index in [9.17, 15) is 14.7 Å². The van der Waals surface area contributed by atoms with Gasteiger partial charge in [0, 0.05) is 19.7 Å². The van der Waals surface area contributed by atoms with Crippen LogP contribution in [0.15, 0.2) is 66.2 Å². The van der Waals surface area contributed by atoms with Gasteiger partial charge in [-0.3, -0.25) is 9.59 Å². The summed E-state index contributed by atoms with van der Waals surface area (Å²) in [6.07, 6.45) is 0.220. The Bertz CT molecular complexity index is 1170. The second kappa shape index (κ2) is 10.7.